The number of halogens is 4. The fraction of sp³-hybridized carbons (Fsp3) is 0.333. The highest BCUT2D eigenvalue weighted by Gasteiger charge is 2.27. The molecule has 0 aliphatic heterocycles. The van der Waals surface area contributed by atoms with Gasteiger partial charge in [-0.1, -0.05) is 49.2 Å². The Bertz CT molecular complexity index is 871. The third kappa shape index (κ3) is 6.41. The fourth-order valence-corrected chi connectivity index (χ4v) is 3.09. The number of carbonyl (C=O) groups is 2. The summed E-state index contributed by atoms with van der Waals surface area (Å²) in [4.78, 5) is 24.8. The van der Waals surface area contributed by atoms with Crippen LogP contribution in [0.5, 0.6) is 0 Å². The first-order valence-corrected chi connectivity index (χ1v) is 9.92. The second-order valence-corrected chi connectivity index (χ2v) is 7.75. The van der Waals surface area contributed by atoms with Crippen molar-refractivity contribution in [3.05, 3.63) is 69.2 Å². The number of aryl methyl sites for hydroxylation is 1. The molecule has 2 aromatic carbocycles. The molecule has 0 radical (unpaired) electrons. The summed E-state index contributed by atoms with van der Waals surface area (Å²) in [6.07, 6.45) is 1.32. The zero-order valence-corrected chi connectivity index (χ0v) is 17.6. The fourth-order valence-electron chi connectivity index (χ4n) is 2.77. The molecule has 0 saturated heterocycles. The van der Waals surface area contributed by atoms with Crippen molar-refractivity contribution in [1.29, 1.82) is 0 Å². The van der Waals surface area contributed by atoms with Gasteiger partial charge in [-0.05, 0) is 48.6 Å². The monoisotopic (exact) mass is 442 g/mol. The highest BCUT2D eigenvalue weighted by Crippen LogP contribution is 2.23. The number of benzene rings is 2. The van der Waals surface area contributed by atoms with Crippen molar-refractivity contribution in [3.63, 3.8) is 0 Å². The Hall–Kier alpha value is -2.18. The van der Waals surface area contributed by atoms with Gasteiger partial charge in [0.05, 0.1) is 10.0 Å². The van der Waals surface area contributed by atoms with E-state index in [2.05, 4.69) is 10.6 Å². The lowest BCUT2D eigenvalue weighted by Gasteiger charge is -2.22. The summed E-state index contributed by atoms with van der Waals surface area (Å²) >= 11 is 11.9. The zero-order chi connectivity index (χ0) is 21.6. The normalized spacial score (nSPS) is 12.0. The van der Waals surface area contributed by atoms with Crippen molar-refractivity contribution in [2.24, 2.45) is 5.92 Å². The average Bonchev–Trinajstić information content (AvgIpc) is 2.65. The van der Waals surface area contributed by atoms with Gasteiger partial charge in [-0.25, -0.2) is 8.78 Å². The molecule has 0 fully saturated rings. The predicted octanol–water partition coefficient (Wildman–Crippen LogP) is 4.78. The molecule has 1 atom stereocenters. The first-order valence-electron chi connectivity index (χ1n) is 9.17. The number of rotatable bonds is 8. The van der Waals surface area contributed by atoms with E-state index in [0.717, 1.165) is 17.7 Å². The lowest BCUT2D eigenvalue weighted by molar-refractivity contribution is -0.123. The van der Waals surface area contributed by atoms with E-state index in [1.54, 1.807) is 26.0 Å². The molecule has 0 heterocycles. The summed E-state index contributed by atoms with van der Waals surface area (Å²) in [5, 5.41) is 6.12. The predicted molar refractivity (Wildman–Crippen MR) is 110 cm³/mol. The molecule has 2 rings (SSSR count). The third-order valence-electron chi connectivity index (χ3n) is 4.35. The quantitative estimate of drug-likeness (QED) is 0.578. The van der Waals surface area contributed by atoms with E-state index in [1.165, 1.54) is 6.07 Å². The van der Waals surface area contributed by atoms with Crippen LogP contribution in [0, 0.1) is 17.6 Å². The van der Waals surface area contributed by atoms with Crippen LogP contribution < -0.4 is 10.6 Å². The number of hydrogen-bond donors (Lipinski definition) is 2. The Morgan fingerprint density at radius 2 is 1.69 bits per heavy atom. The highest BCUT2D eigenvalue weighted by molar-refractivity contribution is 6.42. The molecular weight excluding hydrogens is 421 g/mol. The molecule has 8 heteroatoms. The molecule has 2 amide bonds. The Morgan fingerprint density at radius 3 is 2.28 bits per heavy atom. The Balaban J connectivity index is 1.92. The smallest absolute Gasteiger partial charge is 0.257 e. The maximum atomic E-state index is 13.8. The van der Waals surface area contributed by atoms with E-state index >= 15 is 0 Å². The maximum absolute atomic E-state index is 13.8. The molecule has 0 aromatic heterocycles. The van der Waals surface area contributed by atoms with Crippen LogP contribution in [0.1, 0.15) is 36.2 Å². The van der Waals surface area contributed by atoms with Gasteiger partial charge in [0.1, 0.15) is 23.2 Å². The average molecular weight is 443 g/mol. The summed E-state index contributed by atoms with van der Waals surface area (Å²) < 4.78 is 27.6. The first-order chi connectivity index (χ1) is 13.7. The van der Waals surface area contributed by atoms with Gasteiger partial charge in [0.2, 0.25) is 5.91 Å². The van der Waals surface area contributed by atoms with Gasteiger partial charge in [-0.15, -0.1) is 0 Å². The van der Waals surface area contributed by atoms with Gasteiger partial charge >= 0.3 is 0 Å². The van der Waals surface area contributed by atoms with Crippen LogP contribution in [0.15, 0.2) is 36.4 Å². The molecule has 0 aliphatic carbocycles. The van der Waals surface area contributed by atoms with Crippen LogP contribution >= 0.6 is 23.2 Å². The highest BCUT2D eigenvalue weighted by atomic mass is 35.5. The van der Waals surface area contributed by atoms with Crippen molar-refractivity contribution in [2.45, 2.75) is 32.7 Å². The largest absolute Gasteiger partial charge is 0.354 e. The van der Waals surface area contributed by atoms with Crippen molar-refractivity contribution < 1.29 is 18.4 Å². The van der Waals surface area contributed by atoms with E-state index < -0.39 is 35.1 Å². The molecular formula is C21H22Cl2F2N2O2. The van der Waals surface area contributed by atoms with E-state index in [-0.39, 0.29) is 5.92 Å². The lowest BCUT2D eigenvalue weighted by Crippen LogP contribution is -2.50. The Morgan fingerprint density at radius 1 is 1.03 bits per heavy atom. The van der Waals surface area contributed by atoms with Gasteiger partial charge < -0.3 is 10.6 Å². The SMILES string of the molecule is CC(C)C(NC(=O)c1c(F)cccc1F)C(=O)NCCCc1ccc(Cl)c(Cl)c1. The van der Waals surface area contributed by atoms with Gasteiger partial charge in [0, 0.05) is 6.54 Å². The first kappa shape index (κ1) is 23.1. The van der Waals surface area contributed by atoms with Crippen LogP contribution in [0.25, 0.3) is 0 Å². The van der Waals surface area contributed by atoms with Gasteiger partial charge in [-0.3, -0.25) is 9.59 Å². The minimum atomic E-state index is -0.980. The Kier molecular flexibility index (Phi) is 8.41. The molecule has 2 aromatic rings. The maximum Gasteiger partial charge on any atom is 0.257 e. The molecule has 0 bridgehead atoms. The van der Waals surface area contributed by atoms with E-state index in [4.69, 9.17) is 23.2 Å². The van der Waals surface area contributed by atoms with E-state index in [0.29, 0.717) is 29.4 Å². The van der Waals surface area contributed by atoms with Crippen LogP contribution in [0.2, 0.25) is 10.0 Å². The van der Waals surface area contributed by atoms with E-state index in [9.17, 15) is 18.4 Å². The summed E-state index contributed by atoms with van der Waals surface area (Å²) in [6.45, 7) is 3.84. The topological polar surface area (TPSA) is 58.2 Å². The van der Waals surface area contributed by atoms with Crippen LogP contribution in [-0.2, 0) is 11.2 Å². The second kappa shape index (κ2) is 10.6. The Labute approximate surface area is 178 Å². The van der Waals surface area contributed by atoms with Crippen molar-refractivity contribution in [2.75, 3.05) is 6.54 Å². The second-order valence-electron chi connectivity index (χ2n) is 6.93. The van der Waals surface area contributed by atoms with Crippen LogP contribution in [0.4, 0.5) is 8.78 Å². The standard InChI is InChI=1S/C21H22Cl2F2N2O2/c1-12(2)19(27-20(28)18-16(24)6-3-7-17(18)25)21(29)26-10-4-5-13-8-9-14(22)15(23)11-13/h3,6-9,11-12,19H,4-5,10H2,1-2H3,(H,26,29)(H,27,28). The number of carbonyl (C=O) groups excluding carboxylic acids is 2. The van der Waals surface area contributed by atoms with Crippen molar-refractivity contribution in [1.82, 2.24) is 10.6 Å². The molecule has 4 nitrogen and oxygen atoms in total. The molecule has 0 spiro atoms. The summed E-state index contributed by atoms with van der Waals surface area (Å²) in [5.41, 5.74) is 0.281. The molecule has 29 heavy (non-hydrogen) atoms. The van der Waals surface area contributed by atoms with Gasteiger partial charge in [-0.2, -0.15) is 0 Å². The zero-order valence-electron chi connectivity index (χ0n) is 16.1. The van der Waals surface area contributed by atoms with Crippen molar-refractivity contribution >= 4 is 35.0 Å². The molecule has 1 unspecified atom stereocenters. The van der Waals surface area contributed by atoms with Crippen LogP contribution in [0.3, 0.4) is 0 Å². The molecule has 2 N–H and O–H groups in total. The molecule has 0 saturated carbocycles. The molecule has 156 valence electrons. The minimum absolute atomic E-state index is 0.274. The molecule has 0 aliphatic rings. The third-order valence-corrected chi connectivity index (χ3v) is 5.09. The summed E-state index contributed by atoms with van der Waals surface area (Å²) in [5.74, 6) is -3.62. The lowest BCUT2D eigenvalue weighted by atomic mass is 10.0. The van der Waals surface area contributed by atoms with Crippen molar-refractivity contribution in [3.8, 4) is 0 Å². The number of amides is 2. The van der Waals surface area contributed by atoms with Gasteiger partial charge in [0.15, 0.2) is 0 Å². The number of nitrogens with one attached hydrogen (secondary N) is 2. The van der Waals surface area contributed by atoms with E-state index in [1.807, 2.05) is 6.07 Å². The minimum Gasteiger partial charge on any atom is -0.354 e. The summed E-state index contributed by atoms with van der Waals surface area (Å²) in [7, 11) is 0. The number of hydrogen-bond acceptors (Lipinski definition) is 2. The summed E-state index contributed by atoms with van der Waals surface area (Å²) in [6, 6.07) is 7.57. The van der Waals surface area contributed by atoms with Gasteiger partial charge in [0.25, 0.3) is 5.91 Å². The van der Waals surface area contributed by atoms with Crippen LogP contribution in [-0.4, -0.2) is 24.4 Å².